The quantitative estimate of drug-likeness (QED) is 0.614. The summed E-state index contributed by atoms with van der Waals surface area (Å²) in [6.07, 6.45) is 0. The van der Waals surface area contributed by atoms with E-state index in [1.807, 2.05) is 91.1 Å². The van der Waals surface area contributed by atoms with Gasteiger partial charge in [-0.2, -0.15) is 5.10 Å². The number of imide groups is 1. The van der Waals surface area contributed by atoms with Gasteiger partial charge in [-0.25, -0.2) is 9.48 Å². The van der Waals surface area contributed by atoms with Gasteiger partial charge in [0.15, 0.2) is 0 Å². The Balaban J connectivity index is 1.89. The van der Waals surface area contributed by atoms with Crippen LogP contribution >= 0.6 is 0 Å². The minimum absolute atomic E-state index is 0.370. The van der Waals surface area contributed by atoms with E-state index in [-0.39, 0.29) is 5.91 Å². The van der Waals surface area contributed by atoms with Gasteiger partial charge >= 0.3 is 6.03 Å². The zero-order valence-corrected chi connectivity index (χ0v) is 18.4. The van der Waals surface area contributed by atoms with Gasteiger partial charge in [-0.05, 0) is 45.5 Å². The lowest BCUT2D eigenvalue weighted by Crippen LogP contribution is -2.45. The van der Waals surface area contributed by atoms with Gasteiger partial charge in [0.1, 0.15) is 6.04 Å². The molecule has 3 amide bonds. The van der Waals surface area contributed by atoms with E-state index in [1.54, 1.807) is 6.92 Å². The molecule has 0 spiro atoms. The normalized spacial score (nSPS) is 11.9. The highest BCUT2D eigenvalue weighted by Crippen LogP contribution is 2.25. The number of hydrogen-bond acceptors (Lipinski definition) is 4. The van der Waals surface area contributed by atoms with Crippen LogP contribution in [-0.4, -0.2) is 40.2 Å². The van der Waals surface area contributed by atoms with Crippen LogP contribution in [0.5, 0.6) is 0 Å². The van der Waals surface area contributed by atoms with Crippen LogP contribution in [-0.2, 0) is 11.3 Å². The molecule has 0 fully saturated rings. The lowest BCUT2D eigenvalue weighted by molar-refractivity contribution is -0.125. The third-order valence-electron chi connectivity index (χ3n) is 5.23. The second-order valence-electron chi connectivity index (χ2n) is 7.47. The van der Waals surface area contributed by atoms with Crippen LogP contribution in [0, 0.1) is 13.8 Å². The van der Waals surface area contributed by atoms with E-state index in [0.717, 1.165) is 28.2 Å². The lowest BCUT2D eigenvalue weighted by atomic mass is 10.0. The van der Waals surface area contributed by atoms with E-state index in [2.05, 4.69) is 10.6 Å². The van der Waals surface area contributed by atoms with Crippen LogP contribution in [0.3, 0.4) is 0 Å². The summed E-state index contributed by atoms with van der Waals surface area (Å²) in [6, 6.07) is 18.3. The van der Waals surface area contributed by atoms with Gasteiger partial charge in [0, 0.05) is 24.3 Å². The Bertz CT molecular complexity index is 1030. The summed E-state index contributed by atoms with van der Waals surface area (Å²) < 4.78 is 1.92. The molecule has 3 aromatic rings. The van der Waals surface area contributed by atoms with Crippen LogP contribution < -0.4 is 10.6 Å². The van der Waals surface area contributed by atoms with Crippen molar-refractivity contribution < 1.29 is 9.59 Å². The highest BCUT2D eigenvalue weighted by atomic mass is 16.2. The van der Waals surface area contributed by atoms with Crippen LogP contribution in [0.2, 0.25) is 0 Å². The number of nitrogens with one attached hydrogen (secondary N) is 2. The van der Waals surface area contributed by atoms with Crippen molar-refractivity contribution in [2.24, 2.45) is 0 Å². The fourth-order valence-corrected chi connectivity index (χ4v) is 3.69. The maximum atomic E-state index is 13.0. The van der Waals surface area contributed by atoms with Gasteiger partial charge in [0.25, 0.3) is 0 Å². The third-order valence-corrected chi connectivity index (χ3v) is 5.23. The lowest BCUT2D eigenvalue weighted by Gasteiger charge is -2.27. The number of hydrogen-bond donors (Lipinski definition) is 2. The maximum absolute atomic E-state index is 13.0. The first-order valence-corrected chi connectivity index (χ1v) is 10.4. The van der Waals surface area contributed by atoms with Gasteiger partial charge in [0.2, 0.25) is 5.91 Å². The number of likely N-dealkylation sites (N-methyl/N-ethyl adjacent to an activating group) is 1. The average Bonchev–Trinajstić information content (AvgIpc) is 3.03. The smallest absolute Gasteiger partial charge is 0.321 e. The van der Waals surface area contributed by atoms with Crippen molar-refractivity contribution in [2.45, 2.75) is 33.4 Å². The second-order valence-corrected chi connectivity index (χ2v) is 7.47. The van der Waals surface area contributed by atoms with Crippen LogP contribution in [0.1, 0.15) is 35.5 Å². The zero-order valence-electron chi connectivity index (χ0n) is 18.4. The number of aromatic nitrogens is 2. The Kier molecular flexibility index (Phi) is 7.20. The summed E-state index contributed by atoms with van der Waals surface area (Å²) >= 11 is 0. The van der Waals surface area contributed by atoms with Crippen molar-refractivity contribution in [3.63, 3.8) is 0 Å². The van der Waals surface area contributed by atoms with Crippen molar-refractivity contribution >= 4 is 11.9 Å². The number of amides is 3. The molecule has 0 radical (unpaired) electrons. The largest absolute Gasteiger partial charge is 0.338 e. The predicted octanol–water partition coefficient (Wildman–Crippen LogP) is 3.51. The minimum Gasteiger partial charge on any atom is -0.338 e. The predicted molar refractivity (Wildman–Crippen MR) is 121 cm³/mol. The van der Waals surface area contributed by atoms with Crippen molar-refractivity contribution in [3.05, 3.63) is 83.2 Å². The summed E-state index contributed by atoms with van der Waals surface area (Å²) in [4.78, 5) is 26.9. The summed E-state index contributed by atoms with van der Waals surface area (Å²) in [5.41, 5.74) is 4.79. The van der Waals surface area contributed by atoms with Crippen LogP contribution in [0.15, 0.2) is 60.7 Å². The molecule has 2 aromatic carbocycles. The monoisotopic (exact) mass is 419 g/mol. The average molecular weight is 420 g/mol. The van der Waals surface area contributed by atoms with Crippen molar-refractivity contribution in [2.75, 3.05) is 13.6 Å². The molecule has 3 rings (SSSR count). The molecule has 7 nitrogen and oxygen atoms in total. The molecule has 2 N–H and O–H groups in total. The Labute approximate surface area is 183 Å². The second kappa shape index (κ2) is 10.0. The van der Waals surface area contributed by atoms with Crippen molar-refractivity contribution in [3.8, 4) is 5.69 Å². The molecule has 1 atom stereocenters. The molecular weight excluding hydrogens is 390 g/mol. The minimum atomic E-state index is -0.623. The molecule has 0 saturated carbocycles. The Morgan fingerprint density at radius 3 is 2.26 bits per heavy atom. The van der Waals surface area contributed by atoms with E-state index < -0.39 is 12.1 Å². The molecular formula is C24H29N5O2. The van der Waals surface area contributed by atoms with E-state index in [9.17, 15) is 9.59 Å². The number of nitrogens with zero attached hydrogens (tertiary/aromatic N) is 3. The van der Waals surface area contributed by atoms with E-state index >= 15 is 0 Å². The first-order valence-electron chi connectivity index (χ1n) is 10.4. The molecule has 1 aromatic heterocycles. The van der Waals surface area contributed by atoms with E-state index in [1.165, 1.54) is 0 Å². The molecule has 31 heavy (non-hydrogen) atoms. The van der Waals surface area contributed by atoms with Gasteiger partial charge in [-0.1, -0.05) is 48.5 Å². The zero-order chi connectivity index (χ0) is 22.4. The SMILES string of the molecule is CCNC(=O)NC(=O)[C@H](c1ccccc1)N(C)Cc1c(C)nn(-c2ccccc2)c1C. The number of carbonyl (C=O) groups is 2. The van der Waals surface area contributed by atoms with Crippen molar-refractivity contribution in [1.29, 1.82) is 0 Å². The molecule has 0 aliphatic carbocycles. The summed E-state index contributed by atoms with van der Waals surface area (Å²) in [5.74, 6) is -0.370. The van der Waals surface area contributed by atoms with Gasteiger partial charge in [-0.15, -0.1) is 0 Å². The van der Waals surface area contributed by atoms with Gasteiger partial charge in [0.05, 0.1) is 11.4 Å². The topological polar surface area (TPSA) is 79.3 Å². The van der Waals surface area contributed by atoms with Crippen LogP contribution in [0.25, 0.3) is 5.69 Å². The number of para-hydroxylation sites is 1. The third kappa shape index (κ3) is 5.19. The standard InChI is InChI=1S/C24H29N5O2/c1-5-25-24(31)26-23(30)22(19-12-8-6-9-13-19)28(4)16-21-17(2)27-29(18(21)3)20-14-10-7-11-15-20/h6-15,22H,5,16H2,1-4H3,(H2,25,26,30,31)/t22-/m0/s1. The van der Waals surface area contributed by atoms with Gasteiger partial charge in [-0.3, -0.25) is 15.0 Å². The molecule has 162 valence electrons. The number of urea groups is 1. The molecule has 7 heteroatoms. The van der Waals surface area contributed by atoms with E-state index in [4.69, 9.17) is 5.10 Å². The summed E-state index contributed by atoms with van der Waals surface area (Å²) in [5, 5.41) is 9.77. The molecule has 1 heterocycles. The van der Waals surface area contributed by atoms with E-state index in [0.29, 0.717) is 13.1 Å². The fourth-order valence-electron chi connectivity index (χ4n) is 3.69. The summed E-state index contributed by atoms with van der Waals surface area (Å²) in [7, 11) is 1.88. The fraction of sp³-hybridized carbons (Fsp3) is 0.292. The van der Waals surface area contributed by atoms with Gasteiger partial charge < -0.3 is 5.32 Å². The molecule has 0 saturated heterocycles. The molecule has 0 unspecified atom stereocenters. The first-order chi connectivity index (χ1) is 14.9. The highest BCUT2D eigenvalue weighted by molar-refractivity contribution is 5.97. The highest BCUT2D eigenvalue weighted by Gasteiger charge is 2.28. The number of rotatable bonds is 7. The number of benzene rings is 2. The molecule has 0 aliphatic heterocycles. The maximum Gasteiger partial charge on any atom is 0.321 e. The Morgan fingerprint density at radius 2 is 1.65 bits per heavy atom. The van der Waals surface area contributed by atoms with Crippen LogP contribution in [0.4, 0.5) is 4.79 Å². The summed E-state index contributed by atoms with van der Waals surface area (Å²) in [6.45, 7) is 6.76. The van der Waals surface area contributed by atoms with Crippen molar-refractivity contribution in [1.82, 2.24) is 25.3 Å². The molecule has 0 bridgehead atoms. The number of aryl methyl sites for hydroxylation is 1. The number of carbonyl (C=O) groups excluding carboxylic acids is 2. The first kappa shape index (κ1) is 22.2. The Hall–Kier alpha value is -3.45. The Morgan fingerprint density at radius 1 is 1.03 bits per heavy atom. The molecule has 0 aliphatic rings.